The highest BCUT2D eigenvalue weighted by atomic mass is 15.1. The van der Waals surface area contributed by atoms with Gasteiger partial charge < -0.3 is 15.5 Å². The van der Waals surface area contributed by atoms with E-state index in [2.05, 4.69) is 56.0 Å². The highest BCUT2D eigenvalue weighted by Gasteiger charge is 2.26. The van der Waals surface area contributed by atoms with Crippen LogP contribution in [-0.2, 0) is 0 Å². The smallest absolute Gasteiger partial charge is 0.0908 e. The van der Waals surface area contributed by atoms with Gasteiger partial charge >= 0.3 is 0 Å². The second-order valence-electron chi connectivity index (χ2n) is 8.12. The minimum absolute atomic E-state index is 0.0137. The molecule has 1 aliphatic rings. The van der Waals surface area contributed by atoms with Crippen LogP contribution in [0.1, 0.15) is 44.2 Å². The molecule has 1 aromatic carbocycles. The maximum absolute atomic E-state index is 4.31. The molecular formula is C25H37N3. The van der Waals surface area contributed by atoms with Crippen LogP contribution >= 0.6 is 0 Å². The average molecular weight is 380 g/mol. The lowest BCUT2D eigenvalue weighted by atomic mass is 9.90. The quantitative estimate of drug-likeness (QED) is 0.450. The molecule has 0 radical (unpaired) electrons. The Bertz CT molecular complexity index is 698. The molecule has 0 heterocycles. The number of nitrogens with one attached hydrogen (secondary N) is 2. The number of hydrogen-bond acceptors (Lipinski definition) is 3. The number of hydrogen-bond donors (Lipinski definition) is 2. The van der Waals surface area contributed by atoms with Gasteiger partial charge in [-0.05, 0) is 35.8 Å². The minimum atomic E-state index is -0.0137. The molecule has 0 bridgehead atoms. The van der Waals surface area contributed by atoms with Crippen LogP contribution in [0.3, 0.4) is 0 Å². The van der Waals surface area contributed by atoms with Gasteiger partial charge in [0, 0.05) is 31.2 Å². The van der Waals surface area contributed by atoms with Gasteiger partial charge in [-0.15, -0.1) is 0 Å². The van der Waals surface area contributed by atoms with Gasteiger partial charge in [-0.1, -0.05) is 76.4 Å². The molecule has 1 saturated carbocycles. The molecule has 0 aromatic heterocycles. The number of nitrogens with zero attached hydrogens (tertiary/aromatic N) is 1. The van der Waals surface area contributed by atoms with E-state index < -0.39 is 0 Å². The molecule has 1 aromatic rings. The standard InChI is InChI=1S/C25H37N3/c1-8-23(16-22-14-15-22)19(3)20(4)26-17-18(2)27-25(21(5)28(6)7)24-12-10-9-11-13-24/h9-13,22-23,25-27H,2-5,8,14-17H2,1,6-7H3. The van der Waals surface area contributed by atoms with Gasteiger partial charge in [0.1, 0.15) is 0 Å². The fourth-order valence-electron chi connectivity index (χ4n) is 3.40. The summed E-state index contributed by atoms with van der Waals surface area (Å²) in [5.74, 6) is 1.43. The maximum atomic E-state index is 4.31. The van der Waals surface area contributed by atoms with Gasteiger partial charge in [-0.3, -0.25) is 0 Å². The van der Waals surface area contributed by atoms with Crippen molar-refractivity contribution in [2.24, 2.45) is 11.8 Å². The van der Waals surface area contributed by atoms with Crippen molar-refractivity contribution < 1.29 is 0 Å². The summed E-state index contributed by atoms with van der Waals surface area (Å²) in [7, 11) is 4.02. The lowest BCUT2D eigenvalue weighted by Gasteiger charge is -2.29. The molecule has 28 heavy (non-hydrogen) atoms. The summed E-state index contributed by atoms with van der Waals surface area (Å²) in [6.45, 7) is 19.8. The summed E-state index contributed by atoms with van der Waals surface area (Å²) in [5, 5.41) is 6.94. The lowest BCUT2D eigenvalue weighted by Crippen LogP contribution is -2.32. The van der Waals surface area contributed by atoms with E-state index in [0.717, 1.165) is 35.0 Å². The van der Waals surface area contributed by atoms with Gasteiger partial charge in [-0.2, -0.15) is 0 Å². The summed E-state index contributed by atoms with van der Waals surface area (Å²) in [6, 6.07) is 10.3. The van der Waals surface area contributed by atoms with Crippen molar-refractivity contribution in [3.63, 3.8) is 0 Å². The first-order valence-electron chi connectivity index (χ1n) is 10.3. The van der Waals surface area contributed by atoms with Crippen LogP contribution in [0.25, 0.3) is 0 Å². The summed E-state index contributed by atoms with van der Waals surface area (Å²) in [5.41, 5.74) is 5.13. The van der Waals surface area contributed by atoms with Gasteiger partial charge in [0.05, 0.1) is 12.6 Å². The monoisotopic (exact) mass is 379 g/mol. The number of likely N-dealkylation sites (N-methyl/N-ethyl adjacent to an activating group) is 1. The second kappa shape index (κ2) is 10.2. The third-order valence-electron chi connectivity index (χ3n) is 5.59. The number of rotatable bonds is 13. The highest BCUT2D eigenvalue weighted by Crippen LogP contribution is 2.39. The van der Waals surface area contributed by atoms with Crippen LogP contribution in [-0.4, -0.2) is 25.5 Å². The van der Waals surface area contributed by atoms with Crippen LogP contribution < -0.4 is 10.6 Å². The van der Waals surface area contributed by atoms with E-state index in [1.54, 1.807) is 0 Å². The summed E-state index contributed by atoms with van der Waals surface area (Å²) in [4.78, 5) is 2.04. The van der Waals surface area contributed by atoms with E-state index in [-0.39, 0.29) is 6.04 Å². The van der Waals surface area contributed by atoms with E-state index in [1.165, 1.54) is 24.8 Å². The molecule has 0 amide bonds. The van der Waals surface area contributed by atoms with E-state index in [0.29, 0.717) is 12.5 Å². The fraction of sp³-hybridized carbons (Fsp3) is 0.440. The molecule has 152 valence electrons. The minimum Gasteiger partial charge on any atom is -0.380 e. The second-order valence-corrected chi connectivity index (χ2v) is 8.12. The Kier molecular flexibility index (Phi) is 7.98. The molecule has 2 N–H and O–H groups in total. The van der Waals surface area contributed by atoms with Gasteiger partial charge in [0.15, 0.2) is 0 Å². The zero-order valence-electron chi connectivity index (χ0n) is 17.9. The Morgan fingerprint density at radius 1 is 1.11 bits per heavy atom. The van der Waals surface area contributed by atoms with Crippen LogP contribution in [0.4, 0.5) is 0 Å². The summed E-state index contributed by atoms with van der Waals surface area (Å²) in [6.07, 6.45) is 5.12. The molecule has 2 unspecified atom stereocenters. The molecule has 2 rings (SSSR count). The highest BCUT2D eigenvalue weighted by molar-refractivity contribution is 5.29. The Balaban J connectivity index is 1.92. The first-order chi connectivity index (χ1) is 13.3. The van der Waals surface area contributed by atoms with Gasteiger partial charge in [0.2, 0.25) is 0 Å². The zero-order chi connectivity index (χ0) is 20.7. The predicted octanol–water partition coefficient (Wildman–Crippen LogP) is 5.39. The van der Waals surface area contributed by atoms with E-state index in [1.807, 2.05) is 37.2 Å². The van der Waals surface area contributed by atoms with Crippen molar-refractivity contribution in [2.75, 3.05) is 20.6 Å². The Morgan fingerprint density at radius 2 is 1.75 bits per heavy atom. The summed E-state index contributed by atoms with van der Waals surface area (Å²) >= 11 is 0. The average Bonchev–Trinajstić information content (AvgIpc) is 3.52. The third-order valence-corrected chi connectivity index (χ3v) is 5.59. The van der Waals surface area contributed by atoms with E-state index in [4.69, 9.17) is 0 Å². The van der Waals surface area contributed by atoms with Crippen LogP contribution in [0, 0.1) is 11.8 Å². The Labute approximate surface area is 171 Å². The molecule has 1 aliphatic carbocycles. The predicted molar refractivity (Wildman–Crippen MR) is 122 cm³/mol. The number of benzene rings is 1. The van der Waals surface area contributed by atoms with E-state index >= 15 is 0 Å². The molecule has 0 aliphatic heterocycles. The van der Waals surface area contributed by atoms with Crippen LogP contribution in [0.2, 0.25) is 0 Å². The molecule has 1 fully saturated rings. The van der Waals surface area contributed by atoms with Crippen molar-refractivity contribution >= 4 is 0 Å². The molecule has 3 heteroatoms. The first kappa shape index (κ1) is 21.9. The van der Waals surface area contributed by atoms with Crippen molar-refractivity contribution in [3.05, 3.63) is 84.9 Å². The van der Waals surface area contributed by atoms with Gasteiger partial charge in [0.25, 0.3) is 0 Å². The topological polar surface area (TPSA) is 27.3 Å². The van der Waals surface area contributed by atoms with Crippen LogP contribution in [0.15, 0.2) is 79.3 Å². The lowest BCUT2D eigenvalue weighted by molar-refractivity contribution is 0.443. The third kappa shape index (κ3) is 6.33. The molecule has 0 saturated heterocycles. The maximum Gasteiger partial charge on any atom is 0.0908 e. The number of allylic oxidation sites excluding steroid dienone is 1. The Hall–Kier alpha value is -2.42. The first-order valence-corrected chi connectivity index (χ1v) is 10.3. The SMILES string of the molecule is C=C(CNC(=C)C(=C)C(CC)CC1CC1)NC(C(=C)N(C)C)c1ccccc1. The largest absolute Gasteiger partial charge is 0.380 e. The van der Waals surface area contributed by atoms with Crippen LogP contribution in [0.5, 0.6) is 0 Å². The van der Waals surface area contributed by atoms with Crippen molar-refractivity contribution in [1.82, 2.24) is 15.5 Å². The van der Waals surface area contributed by atoms with Crippen molar-refractivity contribution in [1.29, 1.82) is 0 Å². The molecule has 3 nitrogen and oxygen atoms in total. The normalized spacial score (nSPS) is 15.2. The van der Waals surface area contributed by atoms with E-state index in [9.17, 15) is 0 Å². The summed E-state index contributed by atoms with van der Waals surface area (Å²) < 4.78 is 0. The van der Waals surface area contributed by atoms with Crippen molar-refractivity contribution in [3.8, 4) is 0 Å². The fourth-order valence-corrected chi connectivity index (χ4v) is 3.40. The van der Waals surface area contributed by atoms with Gasteiger partial charge in [-0.25, -0.2) is 0 Å². The molecule has 2 atom stereocenters. The zero-order valence-corrected chi connectivity index (χ0v) is 17.9. The molecular weight excluding hydrogens is 342 g/mol. The van der Waals surface area contributed by atoms with Crippen molar-refractivity contribution in [2.45, 2.75) is 38.6 Å². The molecule has 0 spiro atoms. The Morgan fingerprint density at radius 3 is 2.29 bits per heavy atom.